The zero-order chi connectivity index (χ0) is 27.8. The van der Waals surface area contributed by atoms with Gasteiger partial charge in [-0.15, -0.1) is 0 Å². The SMILES string of the molecule is CCCCCCCCC(CS)C(=O)[O][Sn]([CH2]CCC)([CH2]CCC)[O]C(=O)C(CS)CCCCCCCC. The molecule has 0 saturated carbocycles. The van der Waals surface area contributed by atoms with Crippen LogP contribution < -0.4 is 0 Å². The van der Waals surface area contributed by atoms with E-state index in [2.05, 4.69) is 53.0 Å². The molecule has 0 heterocycles. The first-order chi connectivity index (χ1) is 17.9. The Kier molecular flexibility index (Phi) is 25.7. The van der Waals surface area contributed by atoms with Crippen molar-refractivity contribution in [2.75, 3.05) is 11.5 Å². The van der Waals surface area contributed by atoms with Crippen molar-refractivity contribution < 1.29 is 15.7 Å². The normalized spacial score (nSPS) is 13.4. The van der Waals surface area contributed by atoms with E-state index in [-0.39, 0.29) is 23.8 Å². The summed E-state index contributed by atoms with van der Waals surface area (Å²) >= 11 is 5.03. The van der Waals surface area contributed by atoms with E-state index in [0.717, 1.165) is 73.1 Å². The molecule has 0 aromatic carbocycles. The van der Waals surface area contributed by atoms with Crippen molar-refractivity contribution in [3.05, 3.63) is 0 Å². The van der Waals surface area contributed by atoms with E-state index in [4.69, 9.17) is 6.15 Å². The summed E-state index contributed by atoms with van der Waals surface area (Å²) in [6.07, 6.45) is 19.8. The first-order valence-electron chi connectivity index (χ1n) is 15.6. The molecule has 2 atom stereocenters. The van der Waals surface area contributed by atoms with Gasteiger partial charge in [-0.3, -0.25) is 0 Å². The second-order valence-corrected chi connectivity index (χ2v) is 20.8. The van der Waals surface area contributed by atoms with Gasteiger partial charge in [-0.05, 0) is 0 Å². The van der Waals surface area contributed by atoms with Crippen LogP contribution >= 0.6 is 25.3 Å². The van der Waals surface area contributed by atoms with Crippen molar-refractivity contribution in [3.63, 3.8) is 0 Å². The summed E-state index contributed by atoms with van der Waals surface area (Å²) in [5.41, 5.74) is 0. The first kappa shape index (κ1) is 37.4. The van der Waals surface area contributed by atoms with Crippen LogP contribution in [0.1, 0.15) is 143 Å². The van der Waals surface area contributed by atoms with Gasteiger partial charge in [0.2, 0.25) is 0 Å². The predicted molar refractivity (Wildman–Crippen MR) is 168 cm³/mol. The molecule has 0 radical (unpaired) electrons. The van der Waals surface area contributed by atoms with E-state index in [1.807, 2.05) is 0 Å². The fourth-order valence-electron chi connectivity index (χ4n) is 4.68. The molecule has 7 heteroatoms. The molecule has 0 amide bonds. The van der Waals surface area contributed by atoms with Gasteiger partial charge in [-0.1, -0.05) is 0 Å². The Labute approximate surface area is 246 Å². The average Bonchev–Trinajstić information content (AvgIpc) is 2.89. The molecule has 0 aliphatic heterocycles. The topological polar surface area (TPSA) is 52.6 Å². The predicted octanol–water partition coefficient (Wildman–Crippen LogP) is 9.71. The molecule has 4 nitrogen and oxygen atoms in total. The number of hydrogen-bond acceptors (Lipinski definition) is 6. The summed E-state index contributed by atoms with van der Waals surface area (Å²) in [6, 6.07) is 0. The number of thiol groups is 2. The van der Waals surface area contributed by atoms with Crippen LogP contribution in [0.15, 0.2) is 0 Å². The number of unbranched alkanes of at least 4 members (excludes halogenated alkanes) is 12. The third-order valence-electron chi connectivity index (χ3n) is 7.32. The fourth-order valence-corrected chi connectivity index (χ4v) is 15.5. The molecular weight excluding hydrogens is 607 g/mol. The summed E-state index contributed by atoms with van der Waals surface area (Å²) in [7, 11) is 0. The third-order valence-corrected chi connectivity index (χ3v) is 17.8. The van der Waals surface area contributed by atoms with Gasteiger partial charge in [0.15, 0.2) is 0 Å². The van der Waals surface area contributed by atoms with Crippen LogP contribution in [0.3, 0.4) is 0 Å². The van der Waals surface area contributed by atoms with Gasteiger partial charge in [0.25, 0.3) is 0 Å². The van der Waals surface area contributed by atoms with Crippen molar-refractivity contribution in [3.8, 4) is 0 Å². The monoisotopic (exact) mass is 668 g/mol. The van der Waals surface area contributed by atoms with Crippen LogP contribution in [0.25, 0.3) is 0 Å². The molecule has 0 aliphatic carbocycles. The Balaban J connectivity index is 5.27. The van der Waals surface area contributed by atoms with E-state index in [9.17, 15) is 9.59 Å². The van der Waals surface area contributed by atoms with Crippen molar-refractivity contribution in [1.29, 1.82) is 0 Å². The summed E-state index contributed by atoms with van der Waals surface area (Å²) in [6.45, 7) is 8.73. The summed E-state index contributed by atoms with van der Waals surface area (Å²) in [4.78, 5) is 26.8. The minimum absolute atomic E-state index is 0.169. The molecule has 0 spiro atoms. The molecule has 0 bridgehead atoms. The van der Waals surface area contributed by atoms with Crippen LogP contribution in [0.4, 0.5) is 0 Å². The zero-order valence-electron chi connectivity index (χ0n) is 24.7. The Morgan fingerprint density at radius 2 is 0.865 bits per heavy atom. The van der Waals surface area contributed by atoms with E-state index in [0.29, 0.717) is 11.5 Å². The Morgan fingerprint density at radius 1 is 0.541 bits per heavy atom. The van der Waals surface area contributed by atoms with Crippen LogP contribution in [0, 0.1) is 11.8 Å². The standard InChI is InChI=1S/2C11H22O2S.2C4H9.Sn/c2*1-2-3-4-5-6-7-8-10(9-14)11(12)13;2*1-3-4-2;/h2*10,14H,2-9H2,1H3,(H,12,13);2*1,3-4H2,2H3;/q;;;;+2/p-2. The van der Waals surface area contributed by atoms with Crippen LogP contribution in [-0.2, 0) is 15.7 Å². The summed E-state index contributed by atoms with van der Waals surface area (Å²) in [5, 5.41) is 0. The Hall–Kier alpha value is 0.439. The second-order valence-electron chi connectivity index (χ2n) is 10.8. The van der Waals surface area contributed by atoms with Gasteiger partial charge in [-0.2, -0.15) is 0 Å². The van der Waals surface area contributed by atoms with E-state index < -0.39 is 19.2 Å². The number of rotatable bonds is 26. The number of hydrogen-bond donors (Lipinski definition) is 2. The van der Waals surface area contributed by atoms with Gasteiger partial charge in [0.1, 0.15) is 0 Å². The molecule has 2 unspecified atom stereocenters. The fraction of sp³-hybridized carbons (Fsp3) is 0.933. The molecule has 0 aromatic rings. The van der Waals surface area contributed by atoms with E-state index in [1.165, 1.54) is 51.4 Å². The number of carbonyl (C=O) groups is 2. The minimum atomic E-state index is -3.96. The van der Waals surface area contributed by atoms with Gasteiger partial charge in [0.05, 0.1) is 0 Å². The quantitative estimate of drug-likeness (QED) is 0.0548. The van der Waals surface area contributed by atoms with Gasteiger partial charge < -0.3 is 0 Å². The molecule has 220 valence electrons. The van der Waals surface area contributed by atoms with E-state index in [1.54, 1.807) is 0 Å². The molecular formula is C30H60O4S2Sn. The second kappa shape index (κ2) is 25.4. The zero-order valence-corrected chi connectivity index (χ0v) is 29.4. The maximum atomic E-state index is 13.4. The van der Waals surface area contributed by atoms with Crippen LogP contribution in [0.2, 0.25) is 8.87 Å². The van der Waals surface area contributed by atoms with Crippen LogP contribution in [-0.4, -0.2) is 42.6 Å². The summed E-state index contributed by atoms with van der Waals surface area (Å²) in [5.74, 6) is 0.216. The molecule has 0 aliphatic rings. The molecule has 0 rings (SSSR count). The average molecular weight is 668 g/mol. The molecule has 0 fully saturated rings. The van der Waals surface area contributed by atoms with Crippen molar-refractivity contribution in [1.82, 2.24) is 0 Å². The van der Waals surface area contributed by atoms with E-state index >= 15 is 0 Å². The van der Waals surface area contributed by atoms with Gasteiger partial charge in [-0.25, -0.2) is 0 Å². The van der Waals surface area contributed by atoms with Crippen molar-refractivity contribution in [2.24, 2.45) is 11.8 Å². The number of carbonyl (C=O) groups excluding carboxylic acids is 2. The maximum absolute atomic E-state index is 13.4. The van der Waals surface area contributed by atoms with Gasteiger partial charge in [0, 0.05) is 0 Å². The Morgan fingerprint density at radius 3 is 1.19 bits per heavy atom. The molecule has 0 N–H and O–H groups in total. The first-order valence-corrected chi connectivity index (χ1v) is 23.2. The molecule has 0 aromatic heterocycles. The van der Waals surface area contributed by atoms with Crippen LogP contribution in [0.5, 0.6) is 0 Å². The Bertz CT molecular complexity index is 514. The molecule has 37 heavy (non-hydrogen) atoms. The summed E-state index contributed by atoms with van der Waals surface area (Å²) < 4.78 is 14.3. The van der Waals surface area contributed by atoms with Crippen molar-refractivity contribution >= 4 is 56.4 Å². The third kappa shape index (κ3) is 18.4. The molecule has 0 saturated heterocycles. The van der Waals surface area contributed by atoms with Gasteiger partial charge >= 0.3 is 248 Å². The van der Waals surface area contributed by atoms with Crippen molar-refractivity contribution in [2.45, 2.75) is 152 Å².